The largest absolute Gasteiger partial charge is 0.455 e. The monoisotopic (exact) mass is 625 g/mol. The van der Waals surface area contributed by atoms with Crippen molar-refractivity contribution in [2.75, 3.05) is 37.7 Å². The summed E-state index contributed by atoms with van der Waals surface area (Å²) in [6, 6.07) is 16.9. The van der Waals surface area contributed by atoms with Crippen LogP contribution in [-0.4, -0.2) is 68.5 Å². The number of likely N-dealkylation sites (tertiary alicyclic amines) is 1. The van der Waals surface area contributed by atoms with Gasteiger partial charge in [0.1, 0.15) is 11.3 Å². The Hall–Kier alpha value is -4.77. The Balaban J connectivity index is 1.40. The Bertz CT molecular complexity index is 2040. The van der Waals surface area contributed by atoms with E-state index in [-0.39, 0.29) is 24.2 Å². The Morgan fingerprint density at radius 3 is 2.49 bits per heavy atom. The smallest absolute Gasteiger partial charge is 0.255 e. The summed E-state index contributed by atoms with van der Waals surface area (Å²) >= 11 is 0. The third-order valence-electron chi connectivity index (χ3n) is 8.54. The van der Waals surface area contributed by atoms with E-state index in [2.05, 4.69) is 15.3 Å². The van der Waals surface area contributed by atoms with Crippen molar-refractivity contribution in [1.29, 1.82) is 0 Å². The van der Waals surface area contributed by atoms with Crippen LogP contribution >= 0.6 is 0 Å². The molecule has 0 saturated carbocycles. The van der Waals surface area contributed by atoms with Gasteiger partial charge >= 0.3 is 0 Å². The molecule has 1 aliphatic heterocycles. The van der Waals surface area contributed by atoms with E-state index in [1.54, 1.807) is 25.5 Å². The van der Waals surface area contributed by atoms with Gasteiger partial charge in [-0.15, -0.1) is 0 Å². The second kappa shape index (κ2) is 12.0. The number of furan rings is 1. The highest BCUT2D eigenvalue weighted by molar-refractivity contribution is 7.92. The lowest BCUT2D eigenvalue weighted by molar-refractivity contribution is -0.131. The van der Waals surface area contributed by atoms with Crippen LogP contribution in [-0.2, 0) is 21.2 Å². The number of rotatable bonds is 7. The summed E-state index contributed by atoms with van der Waals surface area (Å²) in [6.07, 6.45) is 6.15. The minimum atomic E-state index is -3.63. The van der Waals surface area contributed by atoms with Gasteiger partial charge in [0.15, 0.2) is 0 Å². The molecule has 0 radical (unpaired) electrons. The number of fused-ring (bicyclic) bond motifs is 2. The van der Waals surface area contributed by atoms with Gasteiger partial charge in [-0.3, -0.25) is 23.9 Å². The summed E-state index contributed by atoms with van der Waals surface area (Å²) in [6.45, 7) is 3.01. The predicted octanol–water partition coefficient (Wildman–Crippen LogP) is 5.06. The van der Waals surface area contributed by atoms with Crippen molar-refractivity contribution in [3.8, 4) is 11.3 Å². The topological polar surface area (TPSA) is 126 Å². The Morgan fingerprint density at radius 1 is 1.04 bits per heavy atom. The van der Waals surface area contributed by atoms with Crippen molar-refractivity contribution in [2.45, 2.75) is 32.1 Å². The molecule has 2 amide bonds. The molecule has 1 aliphatic rings. The van der Waals surface area contributed by atoms with E-state index in [9.17, 15) is 18.0 Å². The molecule has 10 nitrogen and oxygen atoms in total. The molecular formula is C34H35N5O5S. The number of sulfonamides is 1. The van der Waals surface area contributed by atoms with Crippen LogP contribution in [0.1, 0.15) is 45.8 Å². The molecule has 11 heteroatoms. The van der Waals surface area contributed by atoms with E-state index in [1.165, 1.54) is 11.4 Å². The number of carbonyl (C=O) groups excluding carboxylic acids is 2. The van der Waals surface area contributed by atoms with Crippen LogP contribution in [0.4, 0.5) is 5.69 Å². The fraction of sp³-hybridized carbons (Fsp3) is 0.294. The first-order valence-corrected chi connectivity index (χ1v) is 16.7. The van der Waals surface area contributed by atoms with E-state index in [4.69, 9.17) is 4.42 Å². The molecule has 232 valence electrons. The first kappa shape index (κ1) is 30.3. The molecule has 3 heterocycles. The van der Waals surface area contributed by atoms with Crippen molar-refractivity contribution in [1.82, 2.24) is 20.2 Å². The fourth-order valence-electron chi connectivity index (χ4n) is 6.05. The quantitative estimate of drug-likeness (QED) is 0.268. The molecule has 5 aromatic rings. The Kier molecular flexibility index (Phi) is 8.05. The number of hydrogen-bond donors (Lipinski definition) is 1. The van der Waals surface area contributed by atoms with Gasteiger partial charge < -0.3 is 14.6 Å². The molecule has 1 saturated heterocycles. The summed E-state index contributed by atoms with van der Waals surface area (Å²) in [7, 11) is -0.554. The maximum atomic E-state index is 13.6. The zero-order chi connectivity index (χ0) is 31.9. The van der Waals surface area contributed by atoms with Crippen molar-refractivity contribution in [3.05, 3.63) is 89.2 Å². The lowest BCUT2D eigenvalue weighted by Gasteiger charge is -2.35. The molecule has 1 atom stereocenters. The van der Waals surface area contributed by atoms with Crippen molar-refractivity contribution in [3.63, 3.8) is 0 Å². The minimum absolute atomic E-state index is 0.0157. The first-order valence-electron chi connectivity index (χ1n) is 14.8. The first-order chi connectivity index (χ1) is 21.5. The zero-order valence-electron chi connectivity index (χ0n) is 25.7. The minimum Gasteiger partial charge on any atom is -0.455 e. The lowest BCUT2D eigenvalue weighted by Crippen LogP contribution is -2.40. The number of nitrogens with one attached hydrogen (secondary N) is 1. The van der Waals surface area contributed by atoms with Gasteiger partial charge in [0.05, 0.1) is 35.0 Å². The Labute approximate surface area is 262 Å². The van der Waals surface area contributed by atoms with Gasteiger partial charge in [0, 0.05) is 62.5 Å². The molecule has 0 bridgehead atoms. The number of aromatic nitrogens is 2. The van der Waals surface area contributed by atoms with Gasteiger partial charge in [0.25, 0.3) is 5.91 Å². The normalized spacial score (nSPS) is 15.4. The average molecular weight is 626 g/mol. The number of nitrogens with zero attached hydrogens (tertiary/aromatic N) is 4. The molecule has 3 aromatic carbocycles. The summed E-state index contributed by atoms with van der Waals surface area (Å²) in [5.41, 5.74) is 6.16. The van der Waals surface area contributed by atoms with E-state index in [0.717, 1.165) is 52.4 Å². The summed E-state index contributed by atoms with van der Waals surface area (Å²) in [5.74, 6) is -0.0721. The van der Waals surface area contributed by atoms with Crippen LogP contribution in [0.3, 0.4) is 0 Å². The van der Waals surface area contributed by atoms with E-state index in [0.29, 0.717) is 41.1 Å². The van der Waals surface area contributed by atoms with Crippen molar-refractivity contribution in [2.24, 2.45) is 0 Å². The summed E-state index contributed by atoms with van der Waals surface area (Å²) in [5, 5.41) is 3.32. The number of piperidine rings is 1. The van der Waals surface area contributed by atoms with Crippen LogP contribution < -0.4 is 9.62 Å². The van der Waals surface area contributed by atoms with E-state index >= 15 is 0 Å². The van der Waals surface area contributed by atoms with Gasteiger partial charge in [-0.05, 0) is 49.1 Å². The van der Waals surface area contributed by atoms with Crippen LogP contribution in [0.2, 0.25) is 0 Å². The van der Waals surface area contributed by atoms with Crippen molar-refractivity contribution < 1.29 is 22.4 Å². The third kappa shape index (κ3) is 6.00. The van der Waals surface area contributed by atoms with Gasteiger partial charge in [0.2, 0.25) is 15.9 Å². The SMILES string of the molecule is CNC(=O)c1c(-c2ccc(C)cc2)oc2cc(N(C)S(C)(=O)=O)c([C@H]3CCCN(C(=O)Cc4ccc5nccnc5c4)C3)cc12. The predicted molar refractivity (Wildman–Crippen MR) is 175 cm³/mol. The van der Waals surface area contributed by atoms with E-state index < -0.39 is 10.0 Å². The molecule has 0 spiro atoms. The van der Waals surface area contributed by atoms with Gasteiger partial charge in [-0.2, -0.15) is 0 Å². The highest BCUT2D eigenvalue weighted by atomic mass is 32.2. The molecule has 45 heavy (non-hydrogen) atoms. The number of benzene rings is 3. The van der Waals surface area contributed by atoms with Crippen molar-refractivity contribution >= 4 is 49.5 Å². The molecule has 0 aliphatic carbocycles. The number of amides is 2. The number of hydrogen-bond acceptors (Lipinski definition) is 7. The summed E-state index contributed by atoms with van der Waals surface area (Å²) in [4.78, 5) is 37.3. The zero-order valence-corrected chi connectivity index (χ0v) is 26.5. The molecule has 0 unspecified atom stereocenters. The molecule has 1 N–H and O–H groups in total. The third-order valence-corrected chi connectivity index (χ3v) is 9.74. The Morgan fingerprint density at radius 2 is 1.78 bits per heavy atom. The number of aryl methyl sites for hydroxylation is 1. The number of anilines is 1. The van der Waals surface area contributed by atoms with Gasteiger partial charge in [-0.1, -0.05) is 35.9 Å². The molecule has 6 rings (SSSR count). The number of carbonyl (C=O) groups is 2. The van der Waals surface area contributed by atoms with Gasteiger partial charge in [-0.25, -0.2) is 8.42 Å². The second-order valence-electron chi connectivity index (χ2n) is 11.6. The standard InChI is InChI=1S/C34H35N5O5S/c1-21-7-10-23(11-8-21)33-32(34(41)35-2)26-18-25(29(19-30(26)44-33)38(3)45(4,42)43)24-6-5-15-39(20-24)31(40)17-22-9-12-27-28(16-22)37-14-13-36-27/h7-14,16,18-19,24H,5-6,15,17,20H2,1-4H3,(H,35,41)/t24-/m0/s1. The molecule has 1 fully saturated rings. The van der Waals surface area contributed by atoms with E-state index in [1.807, 2.05) is 60.4 Å². The maximum Gasteiger partial charge on any atom is 0.255 e. The van der Waals surface area contributed by atoms with Crippen LogP contribution in [0.15, 0.2) is 71.4 Å². The summed E-state index contributed by atoms with van der Waals surface area (Å²) < 4.78 is 33.2. The lowest BCUT2D eigenvalue weighted by atomic mass is 9.87. The van der Waals surface area contributed by atoms with Crippen LogP contribution in [0, 0.1) is 6.92 Å². The highest BCUT2D eigenvalue weighted by Gasteiger charge is 2.31. The maximum absolute atomic E-state index is 13.6. The second-order valence-corrected chi connectivity index (χ2v) is 13.6. The van der Waals surface area contributed by atoms with Crippen LogP contribution in [0.5, 0.6) is 0 Å². The molecular weight excluding hydrogens is 590 g/mol. The molecule has 2 aromatic heterocycles. The highest BCUT2D eigenvalue weighted by Crippen LogP contribution is 2.42. The average Bonchev–Trinajstić information content (AvgIpc) is 3.41. The van der Waals surface area contributed by atoms with Crippen LogP contribution in [0.25, 0.3) is 33.3 Å². The fourth-order valence-corrected chi connectivity index (χ4v) is 6.56.